The lowest BCUT2D eigenvalue weighted by molar-refractivity contribution is 0.387. The Hall–Kier alpha value is -1.02. The zero-order valence-electron chi connectivity index (χ0n) is 8.62. The smallest absolute Gasteiger partial charge is 0.118 e. The van der Waals surface area contributed by atoms with Gasteiger partial charge >= 0.3 is 0 Å². The molecule has 2 heteroatoms. The van der Waals surface area contributed by atoms with Gasteiger partial charge in [0, 0.05) is 0 Å². The van der Waals surface area contributed by atoms with Crippen LogP contribution < -0.4 is 4.74 Å². The Balaban J connectivity index is 2.13. The van der Waals surface area contributed by atoms with E-state index < -0.39 is 0 Å². The SMILES string of the molecule is [SiH3]COc1ccc(C2=CCCC2)cc1. The minimum absolute atomic E-state index is 0.877. The first-order valence-electron chi connectivity index (χ1n) is 5.32. The molecular weight excluding hydrogens is 188 g/mol. The first-order valence-corrected chi connectivity index (χ1v) is 6.74. The third-order valence-electron chi connectivity index (χ3n) is 2.58. The van der Waals surface area contributed by atoms with Crippen molar-refractivity contribution in [1.29, 1.82) is 0 Å². The van der Waals surface area contributed by atoms with Gasteiger partial charge in [-0.25, -0.2) is 0 Å². The van der Waals surface area contributed by atoms with Crippen LogP contribution in [0.4, 0.5) is 0 Å². The quantitative estimate of drug-likeness (QED) is 0.684. The molecule has 1 aromatic rings. The largest absolute Gasteiger partial charge is 0.498 e. The summed E-state index contributed by atoms with van der Waals surface area (Å²) in [6.45, 7) is 0. The van der Waals surface area contributed by atoms with Gasteiger partial charge in [0.1, 0.15) is 5.75 Å². The summed E-state index contributed by atoms with van der Waals surface area (Å²) in [7, 11) is 1.10. The van der Waals surface area contributed by atoms with Crippen molar-refractivity contribution in [3.63, 3.8) is 0 Å². The maximum atomic E-state index is 5.47. The Morgan fingerprint density at radius 2 is 2.00 bits per heavy atom. The lowest BCUT2D eigenvalue weighted by atomic mass is 10.1. The van der Waals surface area contributed by atoms with Crippen LogP contribution in [0.25, 0.3) is 5.57 Å². The van der Waals surface area contributed by atoms with Crippen LogP contribution in [-0.2, 0) is 0 Å². The Bertz CT molecular complexity index is 327. The van der Waals surface area contributed by atoms with Crippen molar-refractivity contribution in [3.8, 4) is 5.75 Å². The molecule has 2 rings (SSSR count). The van der Waals surface area contributed by atoms with E-state index >= 15 is 0 Å². The molecule has 1 aromatic carbocycles. The van der Waals surface area contributed by atoms with Crippen molar-refractivity contribution in [2.45, 2.75) is 19.3 Å². The number of ether oxygens (including phenoxy) is 1. The number of hydrogen-bond donors (Lipinski definition) is 0. The Morgan fingerprint density at radius 1 is 1.21 bits per heavy atom. The van der Waals surface area contributed by atoms with Gasteiger partial charge in [-0.05, 0) is 42.5 Å². The molecule has 1 aliphatic rings. The van der Waals surface area contributed by atoms with E-state index in [1.54, 1.807) is 0 Å². The second-order valence-corrected chi connectivity index (χ2v) is 4.16. The monoisotopic (exact) mass is 204 g/mol. The van der Waals surface area contributed by atoms with E-state index in [1.165, 1.54) is 30.4 Å². The number of rotatable bonds is 3. The summed E-state index contributed by atoms with van der Waals surface area (Å²) in [6.07, 6.45) is 7.02. The summed E-state index contributed by atoms with van der Waals surface area (Å²) in [5, 5.41) is 0. The highest BCUT2D eigenvalue weighted by atomic mass is 28.1. The minimum Gasteiger partial charge on any atom is -0.498 e. The summed E-state index contributed by atoms with van der Waals surface area (Å²) in [5.41, 5.74) is 2.87. The van der Waals surface area contributed by atoms with E-state index in [2.05, 4.69) is 30.3 Å². The summed E-state index contributed by atoms with van der Waals surface area (Å²) in [6, 6.07) is 8.49. The van der Waals surface area contributed by atoms with Crippen LogP contribution in [0.2, 0.25) is 0 Å². The Labute approximate surface area is 88.2 Å². The summed E-state index contributed by atoms with van der Waals surface area (Å²) >= 11 is 0. The predicted octanol–water partition coefficient (Wildman–Crippen LogP) is 1.96. The molecule has 74 valence electrons. The van der Waals surface area contributed by atoms with E-state index in [9.17, 15) is 0 Å². The molecule has 1 nitrogen and oxygen atoms in total. The second kappa shape index (κ2) is 4.47. The molecule has 0 fully saturated rings. The summed E-state index contributed by atoms with van der Waals surface area (Å²) in [4.78, 5) is 0. The molecule has 0 radical (unpaired) electrons. The van der Waals surface area contributed by atoms with Crippen molar-refractivity contribution in [2.75, 3.05) is 6.23 Å². The fraction of sp³-hybridized carbons (Fsp3) is 0.333. The number of allylic oxidation sites excluding steroid dienone is 2. The van der Waals surface area contributed by atoms with E-state index in [-0.39, 0.29) is 0 Å². The first-order chi connectivity index (χ1) is 6.90. The second-order valence-electron chi connectivity index (χ2n) is 3.58. The number of hydrogen-bond acceptors (Lipinski definition) is 1. The topological polar surface area (TPSA) is 9.23 Å². The van der Waals surface area contributed by atoms with E-state index in [1.807, 2.05) is 0 Å². The molecule has 0 spiro atoms. The van der Waals surface area contributed by atoms with Crippen molar-refractivity contribution < 1.29 is 4.74 Å². The van der Waals surface area contributed by atoms with Gasteiger partial charge in [0.25, 0.3) is 0 Å². The van der Waals surface area contributed by atoms with E-state index in [0.29, 0.717) is 0 Å². The fourth-order valence-corrected chi connectivity index (χ4v) is 2.20. The van der Waals surface area contributed by atoms with Gasteiger partial charge in [-0.1, -0.05) is 18.2 Å². The molecule has 0 aromatic heterocycles. The Morgan fingerprint density at radius 3 is 2.57 bits per heavy atom. The minimum atomic E-state index is 0.877. The van der Waals surface area contributed by atoms with Gasteiger partial charge in [0.2, 0.25) is 0 Å². The summed E-state index contributed by atoms with van der Waals surface area (Å²) in [5.74, 6) is 1.00. The van der Waals surface area contributed by atoms with Gasteiger partial charge in [0.15, 0.2) is 0 Å². The van der Waals surface area contributed by atoms with Crippen LogP contribution in [0.15, 0.2) is 30.3 Å². The highest BCUT2D eigenvalue weighted by molar-refractivity contribution is 6.08. The molecule has 0 saturated heterocycles. The zero-order valence-corrected chi connectivity index (χ0v) is 10.6. The van der Waals surface area contributed by atoms with Crippen molar-refractivity contribution in [2.24, 2.45) is 0 Å². The van der Waals surface area contributed by atoms with Gasteiger partial charge in [-0.15, -0.1) is 0 Å². The predicted molar refractivity (Wildman–Crippen MR) is 63.7 cm³/mol. The van der Waals surface area contributed by atoms with E-state index in [0.717, 1.165) is 22.2 Å². The van der Waals surface area contributed by atoms with Gasteiger partial charge in [-0.2, -0.15) is 0 Å². The third-order valence-corrected chi connectivity index (χ3v) is 2.87. The molecule has 1 aliphatic carbocycles. The van der Waals surface area contributed by atoms with Crippen LogP contribution in [0.1, 0.15) is 24.8 Å². The van der Waals surface area contributed by atoms with E-state index in [4.69, 9.17) is 4.74 Å². The molecule has 0 N–H and O–H groups in total. The standard InChI is InChI=1S/C12H16OSi/c14-9-13-12-7-5-11(6-8-12)10-3-1-2-4-10/h3,5-8H,1-2,4,9H2,14H3. The highest BCUT2D eigenvalue weighted by Gasteiger charge is 2.06. The van der Waals surface area contributed by atoms with Crippen LogP contribution in [-0.4, -0.2) is 16.5 Å². The van der Waals surface area contributed by atoms with Crippen molar-refractivity contribution in [1.82, 2.24) is 0 Å². The average molecular weight is 204 g/mol. The molecule has 0 atom stereocenters. The van der Waals surface area contributed by atoms with Gasteiger partial charge in [0.05, 0.1) is 16.5 Å². The normalized spacial score (nSPS) is 15.6. The molecule has 0 heterocycles. The number of benzene rings is 1. The van der Waals surface area contributed by atoms with Crippen LogP contribution >= 0.6 is 0 Å². The maximum Gasteiger partial charge on any atom is 0.118 e. The highest BCUT2D eigenvalue weighted by Crippen LogP contribution is 2.28. The molecule has 14 heavy (non-hydrogen) atoms. The van der Waals surface area contributed by atoms with Gasteiger partial charge in [-0.3, -0.25) is 0 Å². The molecule has 0 amide bonds. The van der Waals surface area contributed by atoms with Crippen molar-refractivity contribution >= 4 is 15.8 Å². The molecule has 0 unspecified atom stereocenters. The maximum absolute atomic E-state index is 5.47. The molecule has 0 aliphatic heterocycles. The summed E-state index contributed by atoms with van der Waals surface area (Å²) < 4.78 is 5.47. The zero-order chi connectivity index (χ0) is 9.80. The lowest BCUT2D eigenvalue weighted by Crippen LogP contribution is -1.95. The van der Waals surface area contributed by atoms with Crippen molar-refractivity contribution in [3.05, 3.63) is 35.9 Å². The molecule has 0 saturated carbocycles. The molecule has 0 bridgehead atoms. The first kappa shape index (κ1) is 9.53. The third kappa shape index (κ3) is 2.07. The Kier molecular flexibility index (Phi) is 3.04. The van der Waals surface area contributed by atoms with Gasteiger partial charge < -0.3 is 4.74 Å². The van der Waals surface area contributed by atoms with Crippen LogP contribution in [0, 0.1) is 0 Å². The van der Waals surface area contributed by atoms with Crippen LogP contribution in [0.3, 0.4) is 0 Å². The molecular formula is C12H16OSi. The van der Waals surface area contributed by atoms with Crippen LogP contribution in [0.5, 0.6) is 5.75 Å². The fourth-order valence-electron chi connectivity index (χ4n) is 1.86. The average Bonchev–Trinajstić information content (AvgIpc) is 2.72. The lowest BCUT2D eigenvalue weighted by Gasteiger charge is -2.05.